The monoisotopic (exact) mass is 462 g/mol. The van der Waals surface area contributed by atoms with E-state index in [1.54, 1.807) is 7.11 Å². The van der Waals surface area contributed by atoms with Crippen molar-refractivity contribution in [1.29, 1.82) is 0 Å². The van der Waals surface area contributed by atoms with Crippen LogP contribution in [0.1, 0.15) is 55.5 Å². The highest BCUT2D eigenvalue weighted by Gasteiger charge is 2.51. The van der Waals surface area contributed by atoms with Crippen LogP contribution in [0.25, 0.3) is 0 Å². The normalized spacial score (nSPS) is 27.4. The summed E-state index contributed by atoms with van der Waals surface area (Å²) in [4.78, 5) is 26.8. The zero-order valence-electron chi connectivity index (χ0n) is 20.2. The molecule has 1 heterocycles. The van der Waals surface area contributed by atoms with Crippen LogP contribution < -0.4 is 20.7 Å². The lowest BCUT2D eigenvalue weighted by molar-refractivity contribution is -0.0132. The summed E-state index contributed by atoms with van der Waals surface area (Å²) in [5.41, 5.74) is 2.53. The molecule has 1 aromatic carbocycles. The predicted molar refractivity (Wildman–Crippen MR) is 132 cm³/mol. The van der Waals surface area contributed by atoms with E-state index >= 15 is 0 Å². The third kappa shape index (κ3) is 5.00. The third-order valence-electron chi connectivity index (χ3n) is 7.46. The fourth-order valence-corrected chi connectivity index (χ4v) is 6.64. The number of amides is 2. The maximum Gasteiger partial charge on any atom is 0.321 e. The lowest BCUT2D eigenvalue weighted by atomic mass is 9.53. The quantitative estimate of drug-likeness (QED) is 0.453. The van der Waals surface area contributed by atoms with Gasteiger partial charge in [-0.05, 0) is 82.3 Å². The van der Waals surface area contributed by atoms with E-state index in [1.165, 1.54) is 19.3 Å². The Morgan fingerprint density at radius 3 is 2.29 bits per heavy atom. The number of aromatic nitrogens is 2. The fraction of sp³-hybridized carbons (Fsp3) is 0.538. The number of aliphatic imine (C=N–C) groups is 1. The van der Waals surface area contributed by atoms with E-state index < -0.39 is 0 Å². The maximum atomic E-state index is 13.2. The van der Waals surface area contributed by atoms with Crippen LogP contribution in [0.15, 0.2) is 35.3 Å². The Balaban J connectivity index is 1.33. The van der Waals surface area contributed by atoms with Gasteiger partial charge >= 0.3 is 6.03 Å². The molecule has 0 unspecified atom stereocenters. The molecule has 180 valence electrons. The smallest absolute Gasteiger partial charge is 0.321 e. The first-order valence-corrected chi connectivity index (χ1v) is 12.2. The van der Waals surface area contributed by atoms with E-state index in [9.17, 15) is 4.79 Å². The fourth-order valence-electron chi connectivity index (χ4n) is 6.64. The number of ether oxygens (including phenoxy) is 1. The lowest BCUT2D eigenvalue weighted by Crippen LogP contribution is -2.62. The number of rotatable bonds is 5. The van der Waals surface area contributed by atoms with Crippen molar-refractivity contribution in [1.82, 2.24) is 20.6 Å². The number of hydrogen-bond donors (Lipinski definition) is 3. The van der Waals surface area contributed by atoms with Gasteiger partial charge in [-0.2, -0.15) is 0 Å². The Hall–Kier alpha value is -3.16. The first kappa shape index (κ1) is 22.6. The molecule has 8 heteroatoms. The zero-order chi connectivity index (χ0) is 23.7. The number of carbonyl (C=O) groups is 1. The van der Waals surface area contributed by atoms with Gasteiger partial charge in [0.2, 0.25) is 11.9 Å². The summed E-state index contributed by atoms with van der Waals surface area (Å²) in [5.74, 6) is 3.75. The first-order chi connectivity index (χ1) is 16.4. The number of carbonyl (C=O) groups excluding carboxylic acids is 1. The minimum absolute atomic E-state index is 0.0803. The van der Waals surface area contributed by atoms with Crippen LogP contribution in [0.5, 0.6) is 5.75 Å². The summed E-state index contributed by atoms with van der Waals surface area (Å²) in [6.07, 6.45) is 7.27. The topological polar surface area (TPSA) is 101 Å². The molecule has 4 aliphatic carbocycles. The molecule has 0 aliphatic heterocycles. The van der Waals surface area contributed by atoms with Gasteiger partial charge in [0.05, 0.1) is 13.7 Å². The molecule has 3 N–H and O–H groups in total. The summed E-state index contributed by atoms with van der Waals surface area (Å²) < 4.78 is 5.45. The Kier molecular flexibility index (Phi) is 6.15. The highest BCUT2D eigenvalue weighted by atomic mass is 16.5. The number of urea groups is 1. The number of guanidine groups is 1. The Morgan fingerprint density at radius 1 is 1.06 bits per heavy atom. The molecular weight excluding hydrogens is 428 g/mol. The summed E-state index contributed by atoms with van der Waals surface area (Å²) in [6.45, 7) is 4.17. The van der Waals surface area contributed by atoms with Crippen molar-refractivity contribution in [2.75, 3.05) is 12.4 Å². The number of nitrogens with one attached hydrogen (secondary N) is 3. The Bertz CT molecular complexity index is 1040. The highest BCUT2D eigenvalue weighted by molar-refractivity contribution is 6.03. The molecule has 6 rings (SSSR count). The molecule has 34 heavy (non-hydrogen) atoms. The van der Waals surface area contributed by atoms with Gasteiger partial charge < -0.3 is 10.1 Å². The number of benzene rings is 1. The molecule has 4 bridgehead atoms. The minimum Gasteiger partial charge on any atom is -0.496 e. The van der Waals surface area contributed by atoms with Crippen LogP contribution in [0, 0.1) is 31.6 Å². The van der Waals surface area contributed by atoms with Crippen molar-refractivity contribution >= 4 is 17.9 Å². The molecule has 1 aromatic heterocycles. The summed E-state index contributed by atoms with van der Waals surface area (Å²) in [7, 11) is 1.64. The molecular formula is C26H34N6O2. The Morgan fingerprint density at radius 2 is 1.68 bits per heavy atom. The van der Waals surface area contributed by atoms with Gasteiger partial charge in [0.25, 0.3) is 0 Å². The number of anilines is 1. The average Bonchev–Trinajstić information content (AvgIpc) is 2.75. The van der Waals surface area contributed by atoms with Gasteiger partial charge in [-0.15, -0.1) is 0 Å². The second-order valence-electron chi connectivity index (χ2n) is 10.4. The van der Waals surface area contributed by atoms with Crippen molar-refractivity contribution in [3.63, 3.8) is 0 Å². The summed E-state index contributed by atoms with van der Waals surface area (Å²) in [6, 6.07) is 9.41. The van der Waals surface area contributed by atoms with E-state index in [0.717, 1.165) is 59.7 Å². The van der Waals surface area contributed by atoms with Gasteiger partial charge in [0.1, 0.15) is 5.75 Å². The molecule has 4 fully saturated rings. The molecule has 0 radical (unpaired) electrons. The largest absolute Gasteiger partial charge is 0.496 e. The Labute approximate surface area is 201 Å². The molecule has 4 aliphatic rings. The van der Waals surface area contributed by atoms with Crippen molar-refractivity contribution in [2.45, 2.75) is 64.5 Å². The van der Waals surface area contributed by atoms with Gasteiger partial charge in [-0.1, -0.05) is 18.2 Å². The average molecular weight is 463 g/mol. The third-order valence-corrected chi connectivity index (χ3v) is 7.46. The van der Waals surface area contributed by atoms with Gasteiger partial charge in [-0.3, -0.25) is 10.6 Å². The van der Waals surface area contributed by atoms with E-state index in [0.29, 0.717) is 18.5 Å². The van der Waals surface area contributed by atoms with E-state index in [-0.39, 0.29) is 11.6 Å². The molecule has 4 saturated carbocycles. The SMILES string of the molecule is COc1ccccc1CN=C(NC(=O)NC12CC3CC(CC(C3)C1)C2)Nc1nc(C)cc(C)n1. The number of para-hydroxylation sites is 1. The second-order valence-corrected chi connectivity index (χ2v) is 10.4. The summed E-state index contributed by atoms with van der Waals surface area (Å²) >= 11 is 0. The lowest BCUT2D eigenvalue weighted by Gasteiger charge is -2.56. The molecule has 2 aromatic rings. The van der Waals surface area contributed by atoms with Crippen molar-refractivity contribution < 1.29 is 9.53 Å². The number of aryl methyl sites for hydroxylation is 2. The second kappa shape index (κ2) is 9.24. The molecule has 0 saturated heterocycles. The van der Waals surface area contributed by atoms with Crippen LogP contribution in [-0.4, -0.2) is 34.6 Å². The maximum absolute atomic E-state index is 13.2. The van der Waals surface area contributed by atoms with Crippen molar-refractivity contribution in [2.24, 2.45) is 22.7 Å². The van der Waals surface area contributed by atoms with Crippen molar-refractivity contribution in [3.8, 4) is 5.75 Å². The number of nitrogens with zero attached hydrogens (tertiary/aromatic N) is 3. The van der Waals surface area contributed by atoms with Gasteiger partial charge in [-0.25, -0.2) is 19.8 Å². The van der Waals surface area contributed by atoms with E-state index in [2.05, 4.69) is 30.9 Å². The van der Waals surface area contributed by atoms with Gasteiger partial charge in [0, 0.05) is 22.5 Å². The minimum atomic E-state index is -0.224. The van der Waals surface area contributed by atoms with Crippen LogP contribution in [0.3, 0.4) is 0 Å². The standard InChI is InChI=1S/C26H34N6O2/c1-16-8-17(2)29-24(28-16)30-23(27-15-21-6-4-5-7-22(21)34-3)31-25(33)32-26-12-18-9-19(13-26)11-20(10-18)14-26/h4-8,18-20H,9-15H2,1-3H3,(H3,27,28,29,30,31,32,33). The zero-order valence-corrected chi connectivity index (χ0v) is 20.2. The highest BCUT2D eigenvalue weighted by Crippen LogP contribution is 2.55. The van der Waals surface area contributed by atoms with Crippen LogP contribution in [0.4, 0.5) is 10.7 Å². The number of hydrogen-bond acceptors (Lipinski definition) is 5. The van der Waals surface area contributed by atoms with Crippen molar-refractivity contribution in [3.05, 3.63) is 47.3 Å². The molecule has 0 spiro atoms. The molecule has 0 atom stereocenters. The van der Waals surface area contributed by atoms with E-state index in [1.807, 2.05) is 44.2 Å². The summed E-state index contributed by atoms with van der Waals surface area (Å²) in [5, 5.41) is 9.43. The van der Waals surface area contributed by atoms with Crippen LogP contribution in [-0.2, 0) is 6.54 Å². The van der Waals surface area contributed by atoms with E-state index in [4.69, 9.17) is 4.74 Å². The van der Waals surface area contributed by atoms with Gasteiger partial charge in [0.15, 0.2) is 0 Å². The first-order valence-electron chi connectivity index (χ1n) is 12.2. The molecule has 8 nitrogen and oxygen atoms in total. The van der Waals surface area contributed by atoms with Crippen LogP contribution >= 0.6 is 0 Å². The number of methoxy groups -OCH3 is 1. The van der Waals surface area contributed by atoms with Crippen LogP contribution in [0.2, 0.25) is 0 Å². The molecule has 2 amide bonds. The predicted octanol–water partition coefficient (Wildman–Crippen LogP) is 4.34.